The van der Waals surface area contributed by atoms with Crippen molar-refractivity contribution in [2.24, 2.45) is 5.18 Å². The minimum Gasteiger partial charge on any atom is -0.456 e. The average molecular weight is 400 g/mol. The van der Waals surface area contributed by atoms with E-state index in [1.54, 1.807) is 37.3 Å². The number of rotatable bonds is 4. The zero-order chi connectivity index (χ0) is 21.4. The van der Waals surface area contributed by atoms with E-state index >= 15 is 0 Å². The minimum absolute atomic E-state index is 0.0170. The number of nitroso groups, excluding NO2 is 1. The van der Waals surface area contributed by atoms with Crippen molar-refractivity contribution >= 4 is 23.0 Å². The molecule has 150 valence electrons. The predicted octanol–water partition coefficient (Wildman–Crippen LogP) is 5.15. The van der Waals surface area contributed by atoms with E-state index in [1.807, 2.05) is 19.1 Å². The SMILES string of the molecule is CC/C=c1\cc2c(cc1C)=C(c1ccccc1[N+](=O)[O-])c1ccc(N=O)c(C)c1O2. The molecule has 0 N–H and O–H groups in total. The first-order chi connectivity index (χ1) is 14.5. The highest BCUT2D eigenvalue weighted by Gasteiger charge is 2.27. The number of nitro groups is 1. The molecular weight excluding hydrogens is 380 g/mol. The van der Waals surface area contributed by atoms with Gasteiger partial charge in [0.1, 0.15) is 17.2 Å². The maximum atomic E-state index is 11.8. The Kier molecular flexibility index (Phi) is 4.91. The van der Waals surface area contributed by atoms with E-state index in [0.29, 0.717) is 33.8 Å². The Labute approximate surface area is 173 Å². The van der Waals surface area contributed by atoms with Gasteiger partial charge in [-0.05, 0) is 66.6 Å². The van der Waals surface area contributed by atoms with Crippen LogP contribution in [0.1, 0.15) is 35.6 Å². The molecule has 1 aliphatic heterocycles. The van der Waals surface area contributed by atoms with Gasteiger partial charge in [-0.1, -0.05) is 25.1 Å². The second-order valence-corrected chi connectivity index (χ2v) is 7.25. The van der Waals surface area contributed by atoms with Gasteiger partial charge >= 0.3 is 0 Å². The van der Waals surface area contributed by atoms with E-state index in [4.69, 9.17) is 4.74 Å². The monoisotopic (exact) mass is 400 g/mol. The van der Waals surface area contributed by atoms with Gasteiger partial charge < -0.3 is 4.74 Å². The number of nitrogens with zero attached hydrogens (tertiary/aromatic N) is 2. The van der Waals surface area contributed by atoms with E-state index in [0.717, 1.165) is 22.4 Å². The molecule has 0 atom stereocenters. The molecule has 6 nitrogen and oxygen atoms in total. The largest absolute Gasteiger partial charge is 0.456 e. The summed E-state index contributed by atoms with van der Waals surface area (Å²) in [5.41, 5.74) is 3.88. The third-order valence-electron chi connectivity index (χ3n) is 5.39. The molecule has 0 fully saturated rings. The number of nitro benzene ring substituents is 1. The van der Waals surface area contributed by atoms with Crippen molar-refractivity contribution in [3.8, 4) is 11.5 Å². The van der Waals surface area contributed by atoms with E-state index in [1.165, 1.54) is 6.07 Å². The van der Waals surface area contributed by atoms with Crippen molar-refractivity contribution in [2.45, 2.75) is 27.2 Å². The molecular formula is C24H20N2O4. The Bertz CT molecular complexity index is 1330. The number of hydrogen-bond acceptors (Lipinski definition) is 5. The third kappa shape index (κ3) is 3.06. The summed E-state index contributed by atoms with van der Waals surface area (Å²) >= 11 is 0. The van der Waals surface area contributed by atoms with Crippen molar-refractivity contribution in [2.75, 3.05) is 0 Å². The van der Waals surface area contributed by atoms with Gasteiger partial charge in [0.05, 0.1) is 10.5 Å². The number of fused-ring (bicyclic) bond motifs is 2. The van der Waals surface area contributed by atoms with Crippen LogP contribution in [0.4, 0.5) is 11.4 Å². The highest BCUT2D eigenvalue weighted by molar-refractivity contribution is 5.90. The summed E-state index contributed by atoms with van der Waals surface area (Å²) in [5, 5.41) is 16.7. The molecule has 3 aromatic rings. The Hall–Kier alpha value is -3.80. The fraction of sp³-hybridized carbons (Fsp3) is 0.167. The lowest BCUT2D eigenvalue weighted by Crippen LogP contribution is -2.22. The van der Waals surface area contributed by atoms with E-state index in [-0.39, 0.29) is 16.3 Å². The van der Waals surface area contributed by atoms with Crippen molar-refractivity contribution in [1.82, 2.24) is 0 Å². The number of benzene rings is 3. The maximum Gasteiger partial charge on any atom is 0.277 e. The maximum absolute atomic E-state index is 11.8. The van der Waals surface area contributed by atoms with Crippen LogP contribution in [-0.4, -0.2) is 4.92 Å². The zero-order valence-electron chi connectivity index (χ0n) is 16.9. The van der Waals surface area contributed by atoms with Crippen LogP contribution in [-0.2, 0) is 0 Å². The molecule has 1 heterocycles. The molecule has 3 aromatic carbocycles. The standard InChI is InChI=1S/C24H20N2O4/c1-4-7-16-13-22-19(12-14(16)2)23(17-8-5-6-9-21(17)26(28)29)18-10-11-20(25-27)15(3)24(18)30-22/h5-13H,4H2,1-3H3/b16-7+. The Morgan fingerprint density at radius 1 is 1.10 bits per heavy atom. The summed E-state index contributed by atoms with van der Waals surface area (Å²) in [6, 6.07) is 14.0. The van der Waals surface area contributed by atoms with Gasteiger partial charge in [-0.2, -0.15) is 0 Å². The summed E-state index contributed by atoms with van der Waals surface area (Å²) in [6.45, 7) is 5.84. The fourth-order valence-electron chi connectivity index (χ4n) is 3.92. The third-order valence-corrected chi connectivity index (χ3v) is 5.39. The van der Waals surface area contributed by atoms with E-state index in [9.17, 15) is 15.0 Å². The van der Waals surface area contributed by atoms with Gasteiger partial charge in [0.25, 0.3) is 5.69 Å². The molecule has 0 unspecified atom stereocenters. The predicted molar refractivity (Wildman–Crippen MR) is 117 cm³/mol. The first kappa shape index (κ1) is 19.5. The van der Waals surface area contributed by atoms with Crippen LogP contribution in [0.15, 0.2) is 53.7 Å². The molecule has 0 saturated heterocycles. The summed E-state index contributed by atoms with van der Waals surface area (Å²) in [4.78, 5) is 22.6. The first-order valence-electron chi connectivity index (χ1n) is 9.70. The molecule has 0 radical (unpaired) electrons. The quantitative estimate of drug-likeness (QED) is 0.269. The lowest BCUT2D eigenvalue weighted by Gasteiger charge is -2.23. The molecule has 30 heavy (non-hydrogen) atoms. The number of hydrogen-bond donors (Lipinski definition) is 0. The molecule has 1 aliphatic rings. The van der Waals surface area contributed by atoms with Gasteiger partial charge in [0.15, 0.2) is 0 Å². The molecule has 0 amide bonds. The van der Waals surface area contributed by atoms with Crippen LogP contribution in [0.25, 0.3) is 11.6 Å². The lowest BCUT2D eigenvalue weighted by atomic mass is 9.89. The molecule has 0 aliphatic carbocycles. The molecule has 0 aromatic heterocycles. The molecule has 0 bridgehead atoms. The van der Waals surface area contributed by atoms with Gasteiger partial charge in [-0.15, -0.1) is 4.91 Å². The fourth-order valence-corrected chi connectivity index (χ4v) is 3.92. The number of aryl methyl sites for hydroxylation is 1. The lowest BCUT2D eigenvalue weighted by molar-refractivity contribution is -0.385. The van der Waals surface area contributed by atoms with Crippen molar-refractivity contribution in [1.29, 1.82) is 0 Å². The van der Waals surface area contributed by atoms with E-state index < -0.39 is 0 Å². The van der Waals surface area contributed by atoms with Gasteiger partial charge in [0.2, 0.25) is 0 Å². The molecule has 4 rings (SSSR count). The van der Waals surface area contributed by atoms with Crippen LogP contribution in [0, 0.1) is 28.9 Å². The summed E-state index contributed by atoms with van der Waals surface area (Å²) in [7, 11) is 0. The Balaban J connectivity index is 2.19. The number of ether oxygens (including phenoxy) is 1. The second-order valence-electron chi connectivity index (χ2n) is 7.25. The summed E-state index contributed by atoms with van der Waals surface area (Å²) in [5.74, 6) is 1.10. The molecule has 0 spiro atoms. The topological polar surface area (TPSA) is 81.8 Å². The highest BCUT2D eigenvalue weighted by atomic mass is 16.6. The summed E-state index contributed by atoms with van der Waals surface area (Å²) in [6.07, 6.45) is 2.98. The summed E-state index contributed by atoms with van der Waals surface area (Å²) < 4.78 is 6.24. The number of para-hydroxylation sites is 1. The van der Waals surface area contributed by atoms with Crippen molar-refractivity contribution in [3.63, 3.8) is 0 Å². The van der Waals surface area contributed by atoms with Crippen molar-refractivity contribution in [3.05, 3.63) is 96.2 Å². The Morgan fingerprint density at radius 2 is 1.87 bits per heavy atom. The zero-order valence-corrected chi connectivity index (χ0v) is 16.9. The Morgan fingerprint density at radius 3 is 2.57 bits per heavy atom. The normalized spacial score (nSPS) is 12.8. The highest BCUT2D eigenvalue weighted by Crippen LogP contribution is 2.43. The van der Waals surface area contributed by atoms with Gasteiger partial charge in [-0.3, -0.25) is 10.1 Å². The molecule has 6 heteroatoms. The van der Waals surface area contributed by atoms with Crippen LogP contribution < -0.4 is 15.2 Å². The van der Waals surface area contributed by atoms with Gasteiger partial charge in [0, 0.05) is 28.0 Å². The van der Waals surface area contributed by atoms with Crippen LogP contribution >= 0.6 is 0 Å². The average Bonchev–Trinajstić information content (AvgIpc) is 2.74. The van der Waals surface area contributed by atoms with Crippen LogP contribution in [0.5, 0.6) is 11.5 Å². The second kappa shape index (κ2) is 7.55. The van der Waals surface area contributed by atoms with Gasteiger partial charge in [-0.25, -0.2) is 0 Å². The molecule has 0 saturated carbocycles. The first-order valence-corrected chi connectivity index (χ1v) is 9.70. The smallest absolute Gasteiger partial charge is 0.277 e. The van der Waals surface area contributed by atoms with E-state index in [2.05, 4.69) is 18.2 Å². The van der Waals surface area contributed by atoms with Crippen molar-refractivity contribution < 1.29 is 9.66 Å². The van der Waals surface area contributed by atoms with Crippen LogP contribution in [0.3, 0.4) is 0 Å². The minimum atomic E-state index is -0.378. The van der Waals surface area contributed by atoms with Crippen LogP contribution in [0.2, 0.25) is 0 Å².